The van der Waals surface area contributed by atoms with Crippen LogP contribution in [-0.4, -0.2) is 42.0 Å². The minimum Gasteiger partial charge on any atom is -0.463 e. The van der Waals surface area contributed by atoms with E-state index in [1.54, 1.807) is 0 Å². The first-order valence-corrected chi connectivity index (χ1v) is 6.88. The molecule has 1 aromatic rings. The van der Waals surface area contributed by atoms with Crippen molar-refractivity contribution >= 4 is 0 Å². The van der Waals surface area contributed by atoms with Crippen LogP contribution in [0.4, 0.5) is 0 Å². The summed E-state index contributed by atoms with van der Waals surface area (Å²) < 4.78 is 5.77. The summed E-state index contributed by atoms with van der Waals surface area (Å²) >= 11 is 0. The van der Waals surface area contributed by atoms with Crippen molar-refractivity contribution in [2.75, 3.05) is 26.2 Å². The molecular weight excluding hydrogens is 226 g/mol. The summed E-state index contributed by atoms with van der Waals surface area (Å²) in [5, 5.41) is 0. The fourth-order valence-corrected chi connectivity index (χ4v) is 2.78. The Hall–Kier alpha value is -0.840. The minimum absolute atomic E-state index is 0.492. The summed E-state index contributed by atoms with van der Waals surface area (Å²) in [5.74, 6) is 1.97. The summed E-state index contributed by atoms with van der Waals surface area (Å²) in [6.45, 7) is 12.5. The maximum Gasteiger partial charge on any atom is 0.120 e. The van der Waals surface area contributed by atoms with Crippen LogP contribution in [0, 0.1) is 6.92 Å². The number of furan rings is 1. The zero-order valence-corrected chi connectivity index (χ0v) is 11.8. The standard InChI is InChI=1S/C14H25N3O/c1-4-17-6-5-16(9-12(17)3)10-13-7-11(2)14(8-15)18-13/h7,12H,4-6,8-10,15H2,1-3H3. The van der Waals surface area contributed by atoms with Crippen LogP contribution in [-0.2, 0) is 13.1 Å². The lowest BCUT2D eigenvalue weighted by molar-refractivity contribution is 0.0787. The molecule has 4 heteroatoms. The summed E-state index contributed by atoms with van der Waals surface area (Å²) in [7, 11) is 0. The van der Waals surface area contributed by atoms with Crippen molar-refractivity contribution in [2.24, 2.45) is 5.73 Å². The highest BCUT2D eigenvalue weighted by atomic mass is 16.3. The van der Waals surface area contributed by atoms with Gasteiger partial charge in [-0.05, 0) is 32.0 Å². The van der Waals surface area contributed by atoms with Gasteiger partial charge < -0.3 is 10.2 Å². The summed E-state index contributed by atoms with van der Waals surface area (Å²) in [5.41, 5.74) is 6.82. The highest BCUT2D eigenvalue weighted by molar-refractivity contribution is 5.19. The van der Waals surface area contributed by atoms with Gasteiger partial charge >= 0.3 is 0 Å². The third-order valence-corrected chi connectivity index (χ3v) is 3.89. The molecule has 1 saturated heterocycles. The van der Waals surface area contributed by atoms with E-state index in [0.29, 0.717) is 12.6 Å². The average molecular weight is 251 g/mol. The quantitative estimate of drug-likeness (QED) is 0.882. The lowest BCUT2D eigenvalue weighted by Crippen LogP contribution is -2.51. The van der Waals surface area contributed by atoms with E-state index in [4.69, 9.17) is 10.2 Å². The van der Waals surface area contributed by atoms with Gasteiger partial charge in [-0.15, -0.1) is 0 Å². The average Bonchev–Trinajstić information content (AvgIpc) is 2.69. The molecule has 2 heterocycles. The molecule has 0 aromatic carbocycles. The van der Waals surface area contributed by atoms with E-state index >= 15 is 0 Å². The number of likely N-dealkylation sites (N-methyl/N-ethyl adjacent to an activating group) is 1. The minimum atomic E-state index is 0.492. The van der Waals surface area contributed by atoms with Gasteiger partial charge in [-0.2, -0.15) is 0 Å². The molecule has 1 atom stereocenters. The third-order valence-electron chi connectivity index (χ3n) is 3.89. The fourth-order valence-electron chi connectivity index (χ4n) is 2.78. The van der Waals surface area contributed by atoms with Crippen LogP contribution >= 0.6 is 0 Å². The first-order valence-electron chi connectivity index (χ1n) is 6.88. The molecular formula is C14H25N3O. The number of piperazine rings is 1. The van der Waals surface area contributed by atoms with Crippen molar-refractivity contribution < 1.29 is 4.42 Å². The van der Waals surface area contributed by atoms with E-state index in [9.17, 15) is 0 Å². The van der Waals surface area contributed by atoms with Gasteiger partial charge in [0.1, 0.15) is 11.5 Å². The lowest BCUT2D eigenvalue weighted by Gasteiger charge is -2.38. The predicted octanol–water partition coefficient (Wildman–Crippen LogP) is 1.57. The smallest absolute Gasteiger partial charge is 0.120 e. The topological polar surface area (TPSA) is 45.6 Å². The molecule has 1 fully saturated rings. The highest BCUT2D eigenvalue weighted by Gasteiger charge is 2.23. The van der Waals surface area contributed by atoms with Crippen LogP contribution in [0.25, 0.3) is 0 Å². The predicted molar refractivity (Wildman–Crippen MR) is 73.3 cm³/mol. The third kappa shape index (κ3) is 2.94. The fraction of sp³-hybridized carbons (Fsp3) is 0.714. The Morgan fingerprint density at radius 1 is 1.44 bits per heavy atom. The molecule has 0 saturated carbocycles. The SMILES string of the molecule is CCN1CCN(Cc2cc(C)c(CN)o2)CC1C. The molecule has 0 bridgehead atoms. The molecule has 2 N–H and O–H groups in total. The molecule has 0 amide bonds. The van der Waals surface area contributed by atoms with E-state index in [-0.39, 0.29) is 0 Å². The molecule has 1 aliphatic heterocycles. The maximum absolute atomic E-state index is 5.77. The molecule has 1 aliphatic rings. The molecule has 4 nitrogen and oxygen atoms in total. The number of hydrogen-bond donors (Lipinski definition) is 1. The van der Waals surface area contributed by atoms with E-state index in [2.05, 4.69) is 36.6 Å². The summed E-state index contributed by atoms with van der Waals surface area (Å²) in [6, 6.07) is 2.76. The van der Waals surface area contributed by atoms with Gasteiger partial charge in [0.25, 0.3) is 0 Å². The van der Waals surface area contributed by atoms with Crippen LogP contribution in [0.3, 0.4) is 0 Å². The first-order chi connectivity index (χ1) is 8.63. The number of aryl methyl sites for hydroxylation is 1. The van der Waals surface area contributed by atoms with Crippen molar-refractivity contribution in [1.82, 2.24) is 9.80 Å². The Balaban J connectivity index is 1.94. The molecule has 0 radical (unpaired) electrons. The van der Waals surface area contributed by atoms with Gasteiger partial charge in [0.2, 0.25) is 0 Å². The molecule has 18 heavy (non-hydrogen) atoms. The van der Waals surface area contributed by atoms with Crippen LogP contribution in [0.2, 0.25) is 0 Å². The Kier molecular flexibility index (Phi) is 4.43. The molecule has 0 aliphatic carbocycles. The van der Waals surface area contributed by atoms with Crippen molar-refractivity contribution in [3.8, 4) is 0 Å². The monoisotopic (exact) mass is 251 g/mol. The Bertz CT molecular complexity index is 388. The second kappa shape index (κ2) is 5.87. The number of rotatable bonds is 4. The van der Waals surface area contributed by atoms with Crippen LogP contribution in [0.15, 0.2) is 10.5 Å². The van der Waals surface area contributed by atoms with Crippen molar-refractivity contribution in [2.45, 2.75) is 39.9 Å². The largest absolute Gasteiger partial charge is 0.463 e. The van der Waals surface area contributed by atoms with Crippen LogP contribution < -0.4 is 5.73 Å². The van der Waals surface area contributed by atoms with E-state index in [1.165, 1.54) is 5.56 Å². The number of nitrogens with two attached hydrogens (primary N) is 1. The second-order valence-corrected chi connectivity index (χ2v) is 5.24. The Morgan fingerprint density at radius 2 is 2.22 bits per heavy atom. The molecule has 102 valence electrons. The lowest BCUT2D eigenvalue weighted by atomic mass is 10.2. The number of nitrogens with zero attached hydrogens (tertiary/aromatic N) is 2. The maximum atomic E-state index is 5.77. The van der Waals surface area contributed by atoms with Crippen LogP contribution in [0.1, 0.15) is 30.9 Å². The van der Waals surface area contributed by atoms with E-state index in [0.717, 1.165) is 44.2 Å². The van der Waals surface area contributed by atoms with E-state index in [1.807, 2.05) is 0 Å². The normalized spacial score (nSPS) is 22.6. The zero-order chi connectivity index (χ0) is 13.1. The molecule has 0 spiro atoms. The van der Waals surface area contributed by atoms with Gasteiger partial charge in [-0.25, -0.2) is 0 Å². The van der Waals surface area contributed by atoms with Gasteiger partial charge in [-0.1, -0.05) is 6.92 Å². The summed E-state index contributed by atoms with van der Waals surface area (Å²) in [4.78, 5) is 4.99. The van der Waals surface area contributed by atoms with Crippen molar-refractivity contribution in [3.05, 3.63) is 23.2 Å². The summed E-state index contributed by atoms with van der Waals surface area (Å²) in [6.07, 6.45) is 0. The zero-order valence-electron chi connectivity index (χ0n) is 11.8. The van der Waals surface area contributed by atoms with E-state index < -0.39 is 0 Å². The highest BCUT2D eigenvalue weighted by Crippen LogP contribution is 2.18. The van der Waals surface area contributed by atoms with Crippen LogP contribution in [0.5, 0.6) is 0 Å². The van der Waals surface area contributed by atoms with Gasteiger partial charge in [0, 0.05) is 25.7 Å². The molecule has 1 unspecified atom stereocenters. The van der Waals surface area contributed by atoms with Crippen molar-refractivity contribution in [1.29, 1.82) is 0 Å². The Morgan fingerprint density at radius 3 is 2.78 bits per heavy atom. The molecule has 2 rings (SSSR count). The van der Waals surface area contributed by atoms with Gasteiger partial charge in [0.15, 0.2) is 0 Å². The first kappa shape index (κ1) is 13.6. The Labute approximate surface area is 110 Å². The molecule has 1 aromatic heterocycles. The van der Waals surface area contributed by atoms with Crippen molar-refractivity contribution in [3.63, 3.8) is 0 Å². The second-order valence-electron chi connectivity index (χ2n) is 5.24. The van der Waals surface area contributed by atoms with Gasteiger partial charge in [-0.3, -0.25) is 9.80 Å². The van der Waals surface area contributed by atoms with Gasteiger partial charge in [0.05, 0.1) is 13.1 Å². The number of hydrogen-bond acceptors (Lipinski definition) is 4.